The number of phenolic OH excluding ortho intramolecular Hbond substituents is 1. The maximum absolute atomic E-state index is 12.7. The number of carbonyl (C=O) groups excluding carboxylic acids is 2. The van der Waals surface area contributed by atoms with Crippen LogP contribution in [0.3, 0.4) is 0 Å². The molecule has 0 unspecified atom stereocenters. The van der Waals surface area contributed by atoms with Gasteiger partial charge in [-0.15, -0.1) is 0 Å². The number of hydrogen-bond acceptors (Lipinski definition) is 5. The third-order valence-corrected chi connectivity index (χ3v) is 3.91. The number of aromatic hydroxyl groups is 1. The molecule has 0 aromatic heterocycles. The van der Waals surface area contributed by atoms with E-state index >= 15 is 0 Å². The van der Waals surface area contributed by atoms with Crippen LogP contribution in [0, 0.1) is 0 Å². The molecule has 0 amide bonds. The highest BCUT2D eigenvalue weighted by Crippen LogP contribution is 2.32. The van der Waals surface area contributed by atoms with Crippen LogP contribution >= 0.6 is 0 Å². The van der Waals surface area contributed by atoms with Crippen molar-refractivity contribution in [1.29, 1.82) is 0 Å². The summed E-state index contributed by atoms with van der Waals surface area (Å²) in [5, 5.41) is 9.91. The Hall–Kier alpha value is -2.82. The van der Waals surface area contributed by atoms with Crippen molar-refractivity contribution in [1.82, 2.24) is 0 Å². The van der Waals surface area contributed by atoms with Crippen molar-refractivity contribution in [2.45, 2.75) is 19.8 Å². The summed E-state index contributed by atoms with van der Waals surface area (Å²) in [5.41, 5.74) is 1.60. The molecule has 0 fully saturated rings. The first-order chi connectivity index (χ1) is 11.6. The quantitative estimate of drug-likeness (QED) is 0.690. The predicted octanol–water partition coefficient (Wildman–Crippen LogP) is 3.12. The molecule has 24 heavy (non-hydrogen) atoms. The number of esters is 1. The van der Waals surface area contributed by atoms with E-state index in [9.17, 15) is 14.7 Å². The summed E-state index contributed by atoms with van der Waals surface area (Å²) in [5.74, 6) is -0.447. The molecule has 2 aromatic rings. The van der Waals surface area contributed by atoms with E-state index in [1.165, 1.54) is 12.1 Å². The molecule has 2 aromatic carbocycles. The summed E-state index contributed by atoms with van der Waals surface area (Å²) < 4.78 is 10.7. The molecule has 0 atom stereocenters. The lowest BCUT2D eigenvalue weighted by Crippen LogP contribution is -2.16. The van der Waals surface area contributed by atoms with E-state index in [-0.39, 0.29) is 29.3 Å². The number of fused-ring (bicyclic) bond motifs is 1. The second-order valence-electron chi connectivity index (χ2n) is 5.53. The highest BCUT2D eigenvalue weighted by molar-refractivity contribution is 6.12. The average Bonchev–Trinajstić information content (AvgIpc) is 2.60. The van der Waals surface area contributed by atoms with Crippen LogP contribution in [0.5, 0.6) is 11.5 Å². The second kappa shape index (κ2) is 6.74. The number of ether oxygens (including phenoxy) is 2. The molecule has 0 spiro atoms. The van der Waals surface area contributed by atoms with Crippen LogP contribution in [-0.2, 0) is 11.2 Å². The molecule has 1 N–H and O–H groups in total. The molecule has 0 bridgehead atoms. The van der Waals surface area contributed by atoms with Crippen LogP contribution in [0.2, 0.25) is 0 Å². The minimum absolute atomic E-state index is 0.0887. The minimum atomic E-state index is -0.511. The molecule has 1 heterocycles. The van der Waals surface area contributed by atoms with Gasteiger partial charge in [-0.3, -0.25) is 4.79 Å². The maximum Gasteiger partial charge on any atom is 0.341 e. The molecule has 0 saturated carbocycles. The minimum Gasteiger partial charge on any atom is -0.507 e. The first kappa shape index (κ1) is 16.1. The van der Waals surface area contributed by atoms with E-state index in [4.69, 9.17) is 9.47 Å². The number of para-hydroxylation sites is 1. The largest absolute Gasteiger partial charge is 0.507 e. The Balaban J connectivity index is 2.09. The SMILES string of the molecule is CCOC(=O)c1cc(C(=O)c2ccccc2O)cc2c1OCCC2. The van der Waals surface area contributed by atoms with E-state index in [0.29, 0.717) is 17.9 Å². The molecular formula is C19H18O5. The van der Waals surface area contributed by atoms with Crippen LogP contribution < -0.4 is 4.74 Å². The van der Waals surface area contributed by atoms with E-state index in [2.05, 4.69) is 0 Å². The van der Waals surface area contributed by atoms with E-state index in [1.807, 2.05) is 0 Å². The number of carbonyl (C=O) groups is 2. The zero-order chi connectivity index (χ0) is 17.1. The molecule has 5 nitrogen and oxygen atoms in total. The Morgan fingerprint density at radius 3 is 2.75 bits per heavy atom. The average molecular weight is 326 g/mol. The lowest BCUT2D eigenvalue weighted by atomic mass is 9.94. The summed E-state index contributed by atoms with van der Waals surface area (Å²) in [4.78, 5) is 25.0. The fourth-order valence-corrected chi connectivity index (χ4v) is 2.79. The first-order valence-corrected chi connectivity index (χ1v) is 7.91. The lowest BCUT2D eigenvalue weighted by molar-refractivity contribution is 0.0520. The fourth-order valence-electron chi connectivity index (χ4n) is 2.79. The van der Waals surface area contributed by atoms with Crippen molar-refractivity contribution in [3.05, 3.63) is 58.7 Å². The standard InChI is InChI=1S/C19H18O5/c1-2-23-19(22)15-11-13(10-12-6-5-9-24-18(12)15)17(21)14-7-3-4-8-16(14)20/h3-4,7-8,10-11,20H,2,5-6,9H2,1H3. The molecule has 3 rings (SSSR count). The van der Waals surface area contributed by atoms with Gasteiger partial charge in [0.25, 0.3) is 0 Å². The van der Waals surface area contributed by atoms with Gasteiger partial charge in [-0.05, 0) is 49.6 Å². The highest BCUT2D eigenvalue weighted by Gasteiger charge is 2.24. The second-order valence-corrected chi connectivity index (χ2v) is 5.53. The third kappa shape index (κ3) is 2.97. The number of aryl methyl sites for hydroxylation is 1. The molecular weight excluding hydrogens is 308 g/mol. The summed E-state index contributed by atoms with van der Waals surface area (Å²) in [6.07, 6.45) is 1.55. The molecule has 124 valence electrons. The van der Waals surface area contributed by atoms with E-state index in [1.54, 1.807) is 31.2 Å². The van der Waals surface area contributed by atoms with Gasteiger partial charge < -0.3 is 14.6 Å². The summed E-state index contributed by atoms with van der Waals surface area (Å²) in [6, 6.07) is 9.55. The van der Waals surface area contributed by atoms with Crippen molar-refractivity contribution in [3.8, 4) is 11.5 Å². The topological polar surface area (TPSA) is 72.8 Å². The monoisotopic (exact) mass is 326 g/mol. The Morgan fingerprint density at radius 2 is 2.00 bits per heavy atom. The number of hydrogen-bond donors (Lipinski definition) is 1. The first-order valence-electron chi connectivity index (χ1n) is 7.91. The molecule has 1 aliphatic heterocycles. The molecule has 0 saturated heterocycles. The summed E-state index contributed by atoms with van der Waals surface area (Å²) in [6.45, 7) is 2.50. The normalized spacial score (nSPS) is 12.9. The van der Waals surface area contributed by atoms with Gasteiger partial charge in [0.15, 0.2) is 5.78 Å². The Kier molecular flexibility index (Phi) is 4.51. The molecule has 5 heteroatoms. The van der Waals surface area contributed by atoms with Gasteiger partial charge in [-0.1, -0.05) is 12.1 Å². The van der Waals surface area contributed by atoms with Gasteiger partial charge in [0.2, 0.25) is 0 Å². The van der Waals surface area contributed by atoms with Gasteiger partial charge in [0, 0.05) is 5.56 Å². The number of ketones is 1. The fraction of sp³-hybridized carbons (Fsp3) is 0.263. The molecule has 1 aliphatic rings. The van der Waals surface area contributed by atoms with Gasteiger partial charge in [-0.25, -0.2) is 4.79 Å². The highest BCUT2D eigenvalue weighted by atomic mass is 16.5. The van der Waals surface area contributed by atoms with Crippen molar-refractivity contribution in [3.63, 3.8) is 0 Å². The van der Waals surface area contributed by atoms with E-state index in [0.717, 1.165) is 18.4 Å². The van der Waals surface area contributed by atoms with Crippen LogP contribution in [0.15, 0.2) is 36.4 Å². The van der Waals surface area contributed by atoms with Crippen molar-refractivity contribution < 1.29 is 24.2 Å². The Morgan fingerprint density at radius 1 is 1.21 bits per heavy atom. The molecule has 0 radical (unpaired) electrons. The van der Waals surface area contributed by atoms with Gasteiger partial charge >= 0.3 is 5.97 Å². The third-order valence-electron chi connectivity index (χ3n) is 3.91. The summed E-state index contributed by atoms with van der Waals surface area (Å²) >= 11 is 0. The zero-order valence-electron chi connectivity index (χ0n) is 13.4. The van der Waals surface area contributed by atoms with Crippen molar-refractivity contribution in [2.75, 3.05) is 13.2 Å². The van der Waals surface area contributed by atoms with Crippen LogP contribution in [0.25, 0.3) is 0 Å². The number of benzene rings is 2. The van der Waals surface area contributed by atoms with Crippen LogP contribution in [-0.4, -0.2) is 30.1 Å². The predicted molar refractivity (Wildman–Crippen MR) is 87.8 cm³/mol. The van der Waals surface area contributed by atoms with Gasteiger partial charge in [0.05, 0.1) is 18.8 Å². The Labute approximate surface area is 139 Å². The maximum atomic E-state index is 12.7. The molecule has 0 aliphatic carbocycles. The van der Waals surface area contributed by atoms with Gasteiger partial charge in [0.1, 0.15) is 17.1 Å². The lowest BCUT2D eigenvalue weighted by Gasteiger charge is -2.21. The smallest absolute Gasteiger partial charge is 0.341 e. The van der Waals surface area contributed by atoms with Crippen LogP contribution in [0.4, 0.5) is 0 Å². The summed E-state index contributed by atoms with van der Waals surface area (Å²) in [7, 11) is 0. The van der Waals surface area contributed by atoms with E-state index < -0.39 is 5.97 Å². The van der Waals surface area contributed by atoms with Crippen LogP contribution in [0.1, 0.15) is 45.2 Å². The number of phenols is 1. The Bertz CT molecular complexity index is 794. The van der Waals surface area contributed by atoms with Gasteiger partial charge in [-0.2, -0.15) is 0 Å². The zero-order valence-corrected chi connectivity index (χ0v) is 13.4. The number of rotatable bonds is 4. The van der Waals surface area contributed by atoms with Crippen molar-refractivity contribution in [2.24, 2.45) is 0 Å². The van der Waals surface area contributed by atoms with Crippen molar-refractivity contribution >= 4 is 11.8 Å².